The van der Waals surface area contributed by atoms with Crippen LogP contribution < -0.4 is 4.74 Å². The zero-order chi connectivity index (χ0) is 14.7. The van der Waals surface area contributed by atoms with E-state index in [1.165, 1.54) is 13.2 Å². The maximum absolute atomic E-state index is 9.80. The van der Waals surface area contributed by atoms with Crippen molar-refractivity contribution in [2.24, 2.45) is 0 Å². The number of phenols is 1. The molecule has 0 amide bonds. The Labute approximate surface area is 129 Å². The molecule has 0 fully saturated rings. The first-order valence-corrected chi connectivity index (χ1v) is 6.82. The lowest BCUT2D eigenvalue weighted by atomic mass is 10.2. The van der Waals surface area contributed by atoms with E-state index in [4.69, 9.17) is 21.1 Å². The number of rotatable bonds is 4. The van der Waals surface area contributed by atoms with Crippen molar-refractivity contribution in [3.8, 4) is 22.9 Å². The van der Waals surface area contributed by atoms with E-state index in [9.17, 15) is 5.11 Å². The molecule has 0 saturated carbocycles. The second-order valence-electron chi connectivity index (χ2n) is 3.92. The fourth-order valence-corrected chi connectivity index (χ4v) is 2.13. The topological polar surface area (TPSA) is 64.5 Å². The fourth-order valence-electron chi connectivity index (χ4n) is 1.65. The third kappa shape index (κ3) is 3.03. The van der Waals surface area contributed by atoms with Gasteiger partial charge in [-0.1, -0.05) is 11.6 Å². The predicted octanol–water partition coefficient (Wildman–Crippen LogP) is 3.42. The first kappa shape index (κ1) is 15.0. The molecule has 2 rings (SSSR count). The smallest absolute Gasteiger partial charge is 0.161 e. The molecule has 2 aromatic rings. The first-order chi connectivity index (χ1) is 9.56. The minimum atomic E-state index is 0.0148. The monoisotopic (exact) mass is 358 g/mol. The van der Waals surface area contributed by atoms with Gasteiger partial charge in [-0.25, -0.2) is 9.97 Å². The van der Waals surface area contributed by atoms with Crippen LogP contribution in [-0.4, -0.2) is 29.3 Å². The van der Waals surface area contributed by atoms with Gasteiger partial charge in [0.15, 0.2) is 17.3 Å². The minimum absolute atomic E-state index is 0.0148. The summed E-state index contributed by atoms with van der Waals surface area (Å²) in [6.45, 7) is 0.304. The Morgan fingerprint density at radius 1 is 1.30 bits per heavy atom. The minimum Gasteiger partial charge on any atom is -0.504 e. The summed E-state index contributed by atoms with van der Waals surface area (Å²) in [5.74, 6) is 0.804. The van der Waals surface area contributed by atoms with Crippen LogP contribution in [0.5, 0.6) is 11.5 Å². The fraction of sp³-hybridized carbons (Fsp3) is 0.231. The van der Waals surface area contributed by atoms with Gasteiger partial charge in [0.1, 0.15) is 5.15 Å². The molecule has 1 N–H and O–H groups in total. The SMILES string of the molecule is COCc1nc(-c2ccc(OC)c(O)c2)nc(Cl)c1Br. The summed E-state index contributed by atoms with van der Waals surface area (Å²) in [7, 11) is 3.06. The Bertz CT molecular complexity index is 637. The molecule has 7 heteroatoms. The number of phenolic OH excluding ortho intramolecular Hbond substituents is 1. The largest absolute Gasteiger partial charge is 0.504 e. The lowest BCUT2D eigenvalue weighted by Crippen LogP contribution is -2.00. The van der Waals surface area contributed by atoms with Crippen molar-refractivity contribution < 1.29 is 14.6 Å². The van der Waals surface area contributed by atoms with E-state index >= 15 is 0 Å². The standard InChI is InChI=1S/C13H12BrClN2O3/c1-19-6-8-11(14)12(15)17-13(16-8)7-3-4-10(20-2)9(18)5-7/h3-5,18H,6H2,1-2H3. The predicted molar refractivity (Wildman–Crippen MR) is 79.1 cm³/mol. The van der Waals surface area contributed by atoms with Crippen LogP contribution in [0.2, 0.25) is 5.15 Å². The average molecular weight is 360 g/mol. The number of aromatic hydroxyl groups is 1. The van der Waals surface area contributed by atoms with Crippen LogP contribution in [0.15, 0.2) is 22.7 Å². The summed E-state index contributed by atoms with van der Waals surface area (Å²) >= 11 is 9.38. The van der Waals surface area contributed by atoms with Crippen molar-refractivity contribution in [3.63, 3.8) is 0 Å². The highest BCUT2D eigenvalue weighted by Crippen LogP contribution is 2.32. The molecule has 1 aromatic heterocycles. The second-order valence-corrected chi connectivity index (χ2v) is 5.07. The van der Waals surface area contributed by atoms with Crippen molar-refractivity contribution in [2.75, 3.05) is 14.2 Å². The molecule has 5 nitrogen and oxygen atoms in total. The number of halogens is 2. The molecule has 0 radical (unpaired) electrons. The molecule has 0 saturated heterocycles. The highest BCUT2D eigenvalue weighted by molar-refractivity contribution is 9.10. The number of hydrogen-bond donors (Lipinski definition) is 1. The zero-order valence-electron chi connectivity index (χ0n) is 10.9. The molecule has 106 valence electrons. The van der Waals surface area contributed by atoms with Crippen molar-refractivity contribution in [1.29, 1.82) is 0 Å². The number of benzene rings is 1. The second kappa shape index (κ2) is 6.39. The van der Waals surface area contributed by atoms with E-state index in [1.807, 2.05) is 0 Å². The third-order valence-corrected chi connectivity index (χ3v) is 3.93. The first-order valence-electron chi connectivity index (χ1n) is 5.65. The van der Waals surface area contributed by atoms with Crippen LogP contribution in [-0.2, 0) is 11.3 Å². The van der Waals surface area contributed by atoms with Crippen molar-refractivity contribution in [2.45, 2.75) is 6.61 Å². The summed E-state index contributed by atoms with van der Waals surface area (Å²) < 4.78 is 10.7. The van der Waals surface area contributed by atoms with Crippen LogP contribution in [0.4, 0.5) is 0 Å². The third-order valence-electron chi connectivity index (χ3n) is 2.60. The number of aromatic nitrogens is 2. The molecule has 0 aliphatic heterocycles. The zero-order valence-corrected chi connectivity index (χ0v) is 13.2. The summed E-state index contributed by atoms with van der Waals surface area (Å²) in [4.78, 5) is 8.55. The highest BCUT2D eigenvalue weighted by Gasteiger charge is 2.13. The van der Waals surface area contributed by atoms with E-state index in [-0.39, 0.29) is 10.9 Å². The van der Waals surface area contributed by atoms with Gasteiger partial charge in [-0.15, -0.1) is 0 Å². The number of hydrogen-bond acceptors (Lipinski definition) is 5. The molecule has 0 aliphatic carbocycles. The summed E-state index contributed by atoms with van der Waals surface area (Å²) in [6.07, 6.45) is 0. The lowest BCUT2D eigenvalue weighted by molar-refractivity contribution is 0.181. The van der Waals surface area contributed by atoms with Crippen LogP contribution in [0, 0.1) is 0 Å². The van der Waals surface area contributed by atoms with Gasteiger partial charge in [-0.3, -0.25) is 0 Å². The molecule has 1 heterocycles. The van der Waals surface area contributed by atoms with E-state index < -0.39 is 0 Å². The van der Waals surface area contributed by atoms with Gasteiger partial charge in [0, 0.05) is 12.7 Å². The van der Waals surface area contributed by atoms with E-state index in [2.05, 4.69) is 25.9 Å². The normalized spacial score (nSPS) is 10.6. The Kier molecular flexibility index (Phi) is 4.80. The van der Waals surface area contributed by atoms with E-state index in [0.29, 0.717) is 33.9 Å². The Hall–Kier alpha value is -1.37. The number of nitrogens with zero attached hydrogens (tertiary/aromatic N) is 2. The molecule has 0 unspecified atom stereocenters. The number of ether oxygens (including phenoxy) is 2. The molecular weight excluding hydrogens is 348 g/mol. The Balaban J connectivity index is 2.49. The van der Waals surface area contributed by atoms with Gasteiger partial charge in [0.05, 0.1) is 23.9 Å². The average Bonchev–Trinajstić information content (AvgIpc) is 2.43. The van der Waals surface area contributed by atoms with Gasteiger partial charge in [-0.05, 0) is 34.1 Å². The van der Waals surface area contributed by atoms with E-state index in [1.54, 1.807) is 19.2 Å². The molecule has 0 aliphatic rings. The quantitative estimate of drug-likeness (QED) is 0.847. The Morgan fingerprint density at radius 3 is 2.65 bits per heavy atom. The van der Waals surface area contributed by atoms with Crippen molar-refractivity contribution in [3.05, 3.63) is 33.5 Å². The van der Waals surface area contributed by atoms with Crippen LogP contribution in [0.3, 0.4) is 0 Å². The summed E-state index contributed by atoms with van der Waals surface area (Å²) in [6, 6.07) is 4.91. The van der Waals surface area contributed by atoms with Crippen LogP contribution >= 0.6 is 27.5 Å². The van der Waals surface area contributed by atoms with E-state index in [0.717, 1.165) is 0 Å². The number of methoxy groups -OCH3 is 2. The van der Waals surface area contributed by atoms with Gasteiger partial charge >= 0.3 is 0 Å². The van der Waals surface area contributed by atoms with Crippen molar-refractivity contribution >= 4 is 27.5 Å². The lowest BCUT2D eigenvalue weighted by Gasteiger charge is -2.09. The van der Waals surface area contributed by atoms with Crippen molar-refractivity contribution in [1.82, 2.24) is 9.97 Å². The highest BCUT2D eigenvalue weighted by atomic mass is 79.9. The molecular formula is C13H12BrClN2O3. The maximum atomic E-state index is 9.80. The Morgan fingerprint density at radius 2 is 2.05 bits per heavy atom. The van der Waals surface area contributed by atoms with Gasteiger partial charge in [-0.2, -0.15) is 0 Å². The van der Waals surface area contributed by atoms with Crippen LogP contribution in [0.1, 0.15) is 5.69 Å². The molecule has 0 bridgehead atoms. The molecule has 20 heavy (non-hydrogen) atoms. The van der Waals surface area contributed by atoms with Gasteiger partial charge in [0.2, 0.25) is 0 Å². The molecule has 0 spiro atoms. The van der Waals surface area contributed by atoms with Gasteiger partial charge < -0.3 is 14.6 Å². The summed E-state index contributed by atoms with van der Waals surface area (Å²) in [5.41, 5.74) is 1.27. The molecule has 0 atom stereocenters. The summed E-state index contributed by atoms with van der Waals surface area (Å²) in [5, 5.41) is 10.1. The maximum Gasteiger partial charge on any atom is 0.161 e. The van der Waals surface area contributed by atoms with Crippen LogP contribution in [0.25, 0.3) is 11.4 Å². The molecule has 1 aromatic carbocycles. The van der Waals surface area contributed by atoms with Gasteiger partial charge in [0.25, 0.3) is 0 Å².